The van der Waals surface area contributed by atoms with Gasteiger partial charge in [0.25, 0.3) is 0 Å². The summed E-state index contributed by atoms with van der Waals surface area (Å²) in [7, 11) is 0. The van der Waals surface area contributed by atoms with E-state index in [1.54, 1.807) is 0 Å². The van der Waals surface area contributed by atoms with Crippen molar-refractivity contribution >= 4 is 11.9 Å². The molecule has 368 valence electrons. The van der Waals surface area contributed by atoms with Gasteiger partial charge in [-0.15, -0.1) is 0 Å². The Hall–Kier alpha value is -1.40. The van der Waals surface area contributed by atoms with Gasteiger partial charge in [-0.25, -0.2) is 0 Å². The van der Waals surface area contributed by atoms with Crippen LogP contribution in [-0.2, 0) is 14.3 Å². The van der Waals surface area contributed by atoms with E-state index < -0.39 is 18.2 Å². The average Bonchev–Trinajstić information content (AvgIpc) is 3.26. The van der Waals surface area contributed by atoms with Crippen molar-refractivity contribution in [1.29, 1.82) is 0 Å². The highest BCUT2D eigenvalue weighted by Crippen LogP contribution is 2.18. The molecule has 1 amide bonds. The molecule has 6 heteroatoms. The van der Waals surface area contributed by atoms with Gasteiger partial charge in [-0.1, -0.05) is 264 Å². The Labute approximate surface area is 387 Å². The van der Waals surface area contributed by atoms with Crippen LogP contribution in [0.1, 0.15) is 310 Å². The molecular formula is C56H109NO5. The highest BCUT2D eigenvalue weighted by Gasteiger charge is 2.24. The Morgan fingerprint density at radius 1 is 0.452 bits per heavy atom. The fraction of sp³-hybridized carbons (Fsp3) is 0.929. The van der Waals surface area contributed by atoms with Gasteiger partial charge in [0.2, 0.25) is 5.91 Å². The van der Waals surface area contributed by atoms with E-state index in [-0.39, 0.29) is 24.9 Å². The van der Waals surface area contributed by atoms with Gasteiger partial charge in [-0.2, -0.15) is 0 Å². The van der Waals surface area contributed by atoms with Crippen molar-refractivity contribution < 1.29 is 24.5 Å². The molecule has 0 aliphatic rings. The van der Waals surface area contributed by atoms with Crippen LogP contribution in [0.2, 0.25) is 0 Å². The van der Waals surface area contributed by atoms with Crippen LogP contribution in [0.5, 0.6) is 0 Å². The lowest BCUT2D eigenvalue weighted by Crippen LogP contribution is -2.46. The maximum atomic E-state index is 13.2. The first kappa shape index (κ1) is 60.6. The van der Waals surface area contributed by atoms with Crippen molar-refractivity contribution in [2.75, 3.05) is 6.61 Å². The summed E-state index contributed by atoms with van der Waals surface area (Å²) in [6.45, 7) is 6.50. The van der Waals surface area contributed by atoms with Gasteiger partial charge in [0, 0.05) is 6.42 Å². The molecule has 0 aromatic rings. The van der Waals surface area contributed by atoms with Gasteiger partial charge in [0.15, 0.2) is 0 Å². The SMILES string of the molecule is CCCCCCCC/C=C\CCCC(CC(=O)NC(CO)C(O)CCCCCCCCCCCCCCCCC)OC(=O)CCCCCCCCCCCCCCCCCCC. The van der Waals surface area contributed by atoms with Crippen molar-refractivity contribution in [2.45, 2.75) is 328 Å². The predicted octanol–water partition coefficient (Wildman–Crippen LogP) is 16.9. The van der Waals surface area contributed by atoms with Crippen LogP contribution in [0.25, 0.3) is 0 Å². The van der Waals surface area contributed by atoms with Crippen LogP contribution >= 0.6 is 0 Å². The summed E-state index contributed by atoms with van der Waals surface area (Å²) in [4.78, 5) is 26.2. The molecule has 0 rings (SSSR count). The summed E-state index contributed by atoms with van der Waals surface area (Å²) in [5.41, 5.74) is 0. The number of ether oxygens (including phenoxy) is 1. The minimum atomic E-state index is -0.788. The zero-order valence-electron chi connectivity index (χ0n) is 42.0. The van der Waals surface area contributed by atoms with E-state index in [1.165, 1.54) is 212 Å². The molecule has 0 heterocycles. The van der Waals surface area contributed by atoms with Crippen molar-refractivity contribution in [3.05, 3.63) is 12.2 Å². The first-order valence-electron chi connectivity index (χ1n) is 27.9. The lowest BCUT2D eigenvalue weighted by molar-refractivity contribution is -0.151. The van der Waals surface area contributed by atoms with E-state index >= 15 is 0 Å². The Morgan fingerprint density at radius 2 is 0.790 bits per heavy atom. The number of allylic oxidation sites excluding steroid dienone is 2. The highest BCUT2D eigenvalue weighted by molar-refractivity contribution is 5.77. The number of aliphatic hydroxyl groups excluding tert-OH is 2. The maximum Gasteiger partial charge on any atom is 0.306 e. The molecule has 0 aliphatic carbocycles. The third kappa shape index (κ3) is 45.2. The van der Waals surface area contributed by atoms with Crippen molar-refractivity contribution in [2.24, 2.45) is 0 Å². The van der Waals surface area contributed by atoms with Gasteiger partial charge < -0.3 is 20.3 Å². The molecule has 0 bridgehead atoms. The zero-order valence-corrected chi connectivity index (χ0v) is 42.0. The number of hydrogen-bond acceptors (Lipinski definition) is 5. The van der Waals surface area contributed by atoms with Gasteiger partial charge >= 0.3 is 5.97 Å². The minimum Gasteiger partial charge on any atom is -0.462 e. The van der Waals surface area contributed by atoms with Crippen molar-refractivity contribution in [1.82, 2.24) is 5.32 Å². The summed E-state index contributed by atoms with van der Waals surface area (Å²) in [6, 6.07) is -0.703. The molecule has 0 radical (unpaired) electrons. The van der Waals surface area contributed by atoms with Gasteiger partial charge in [-0.3, -0.25) is 9.59 Å². The van der Waals surface area contributed by atoms with E-state index in [0.29, 0.717) is 19.3 Å². The summed E-state index contributed by atoms with van der Waals surface area (Å²) in [6.07, 6.45) is 57.1. The Balaban J connectivity index is 4.45. The number of aliphatic hydroxyl groups is 2. The Kier molecular flexibility index (Phi) is 49.5. The quantitative estimate of drug-likeness (QED) is 0.0321. The van der Waals surface area contributed by atoms with Crippen molar-refractivity contribution in [3.63, 3.8) is 0 Å². The van der Waals surface area contributed by atoms with E-state index in [2.05, 4.69) is 38.2 Å². The number of nitrogens with one attached hydrogen (secondary N) is 1. The van der Waals surface area contributed by atoms with E-state index in [0.717, 1.165) is 51.4 Å². The number of carbonyl (C=O) groups excluding carboxylic acids is 2. The normalized spacial score (nSPS) is 13.2. The van der Waals surface area contributed by atoms with Crippen LogP contribution in [0.4, 0.5) is 0 Å². The number of hydrogen-bond donors (Lipinski definition) is 3. The fourth-order valence-electron chi connectivity index (χ4n) is 8.85. The smallest absolute Gasteiger partial charge is 0.306 e. The second-order valence-electron chi connectivity index (χ2n) is 19.3. The van der Waals surface area contributed by atoms with Crippen molar-refractivity contribution in [3.8, 4) is 0 Å². The topological polar surface area (TPSA) is 95.9 Å². The summed E-state index contributed by atoms with van der Waals surface area (Å²) < 4.78 is 5.93. The summed E-state index contributed by atoms with van der Waals surface area (Å²) in [5, 5.41) is 23.8. The first-order valence-corrected chi connectivity index (χ1v) is 27.9. The average molecular weight is 876 g/mol. The largest absolute Gasteiger partial charge is 0.462 e. The second-order valence-corrected chi connectivity index (χ2v) is 19.3. The third-order valence-corrected chi connectivity index (χ3v) is 13.1. The van der Waals surface area contributed by atoms with Crippen LogP contribution in [0.15, 0.2) is 12.2 Å². The molecule has 0 spiro atoms. The van der Waals surface area contributed by atoms with Gasteiger partial charge in [0.05, 0.1) is 25.2 Å². The molecule has 3 atom stereocenters. The lowest BCUT2D eigenvalue weighted by atomic mass is 10.0. The molecule has 6 nitrogen and oxygen atoms in total. The molecule has 3 N–H and O–H groups in total. The monoisotopic (exact) mass is 876 g/mol. The maximum absolute atomic E-state index is 13.2. The standard InChI is InChI=1S/C56H109NO5/c1-4-7-10-13-16-19-22-24-26-27-29-31-34-37-40-43-46-49-56(61)62-52(47-44-41-38-35-32-21-18-15-12-9-6-3)50-55(60)57-53(51-58)54(59)48-45-42-39-36-33-30-28-25-23-20-17-14-11-8-5-2/h35,38,52-54,58-59H,4-34,36-37,39-51H2,1-3H3,(H,57,60)/b38-35-. The first-order chi connectivity index (χ1) is 30.5. The molecule has 0 aromatic heterocycles. The molecule has 62 heavy (non-hydrogen) atoms. The van der Waals surface area contributed by atoms with Gasteiger partial charge in [0.1, 0.15) is 6.10 Å². The van der Waals surface area contributed by atoms with Crippen LogP contribution in [0, 0.1) is 0 Å². The number of esters is 1. The number of rotatable bonds is 51. The second kappa shape index (κ2) is 50.6. The zero-order chi connectivity index (χ0) is 45.2. The summed E-state index contributed by atoms with van der Waals surface area (Å²) >= 11 is 0. The minimum absolute atomic E-state index is 0.0639. The van der Waals surface area contributed by atoms with Gasteiger partial charge in [-0.05, 0) is 44.9 Å². The van der Waals surface area contributed by atoms with Crippen LogP contribution in [0.3, 0.4) is 0 Å². The molecule has 0 aliphatic heterocycles. The highest BCUT2D eigenvalue weighted by atomic mass is 16.5. The molecule has 0 saturated carbocycles. The van der Waals surface area contributed by atoms with Crippen LogP contribution < -0.4 is 5.32 Å². The fourth-order valence-corrected chi connectivity index (χ4v) is 8.85. The Morgan fingerprint density at radius 3 is 1.18 bits per heavy atom. The molecule has 0 fully saturated rings. The summed E-state index contributed by atoms with van der Waals surface area (Å²) in [5.74, 6) is -0.483. The lowest BCUT2D eigenvalue weighted by Gasteiger charge is -2.24. The van der Waals surface area contributed by atoms with E-state index in [9.17, 15) is 19.8 Å². The number of carbonyl (C=O) groups is 2. The molecule has 3 unspecified atom stereocenters. The number of unbranched alkanes of at least 4 members (excludes halogenated alkanes) is 37. The predicted molar refractivity (Wildman–Crippen MR) is 269 cm³/mol. The molecule has 0 saturated heterocycles. The van der Waals surface area contributed by atoms with Crippen LogP contribution in [-0.4, -0.2) is 46.9 Å². The Bertz CT molecular complexity index is 939. The third-order valence-electron chi connectivity index (χ3n) is 13.1. The molecule has 0 aromatic carbocycles. The van der Waals surface area contributed by atoms with E-state index in [1.807, 2.05) is 0 Å². The molecular weight excluding hydrogens is 767 g/mol. The number of amides is 1. The van der Waals surface area contributed by atoms with E-state index in [4.69, 9.17) is 4.74 Å².